The molecule has 0 amide bonds. The average Bonchev–Trinajstić information content (AvgIpc) is 1.98. The number of piperidine rings is 1. The van der Waals surface area contributed by atoms with Crippen molar-refractivity contribution in [2.75, 3.05) is 13.6 Å². The van der Waals surface area contributed by atoms with Crippen LogP contribution >= 0.6 is 0 Å². The van der Waals surface area contributed by atoms with Crippen LogP contribution in [0, 0.1) is 0 Å². The second-order valence-electron chi connectivity index (χ2n) is 6.44. The lowest BCUT2D eigenvalue weighted by Crippen LogP contribution is -2.61. The van der Waals surface area contributed by atoms with Crippen molar-refractivity contribution in [1.82, 2.24) is 10.2 Å². The third-order valence-electron chi connectivity index (χ3n) is 3.37. The van der Waals surface area contributed by atoms with Crippen molar-refractivity contribution in [3.05, 3.63) is 0 Å². The zero-order valence-electron chi connectivity index (χ0n) is 11.4. The molecule has 1 N–H and O–H groups in total. The van der Waals surface area contributed by atoms with Crippen LogP contribution in [0.25, 0.3) is 0 Å². The van der Waals surface area contributed by atoms with Crippen LogP contribution < -0.4 is 5.32 Å². The fourth-order valence-electron chi connectivity index (χ4n) is 3.12. The highest BCUT2D eigenvalue weighted by Gasteiger charge is 2.38. The number of rotatable bonds is 3. The van der Waals surface area contributed by atoms with Gasteiger partial charge in [-0.15, -0.1) is 0 Å². The van der Waals surface area contributed by atoms with Gasteiger partial charge in [0.25, 0.3) is 0 Å². The Morgan fingerprint density at radius 1 is 1.13 bits per heavy atom. The van der Waals surface area contributed by atoms with Gasteiger partial charge >= 0.3 is 0 Å². The topological polar surface area (TPSA) is 15.3 Å². The fraction of sp³-hybridized carbons (Fsp3) is 1.00. The minimum atomic E-state index is 0.272. The molecule has 0 aliphatic carbocycles. The molecule has 0 saturated carbocycles. The van der Waals surface area contributed by atoms with E-state index < -0.39 is 0 Å². The van der Waals surface area contributed by atoms with Gasteiger partial charge in [-0.2, -0.15) is 0 Å². The zero-order valence-corrected chi connectivity index (χ0v) is 11.4. The molecular formula is C13H28N2. The number of hydrogen-bond donors (Lipinski definition) is 1. The highest BCUT2D eigenvalue weighted by molar-refractivity contribution is 4.99. The van der Waals surface area contributed by atoms with E-state index in [1.54, 1.807) is 0 Å². The number of nitrogens with zero attached hydrogens (tertiary/aromatic N) is 1. The Bertz CT molecular complexity index is 193. The Balaban J connectivity index is 2.66. The first-order chi connectivity index (χ1) is 6.76. The van der Waals surface area contributed by atoms with E-state index in [1.807, 2.05) is 0 Å². The van der Waals surface area contributed by atoms with Crippen LogP contribution in [-0.4, -0.2) is 35.6 Å². The van der Waals surface area contributed by atoms with Gasteiger partial charge in [0.1, 0.15) is 0 Å². The Morgan fingerprint density at radius 3 is 2.00 bits per heavy atom. The predicted molar refractivity (Wildman–Crippen MR) is 67.2 cm³/mol. The normalized spacial score (nSPS) is 25.8. The van der Waals surface area contributed by atoms with Crippen molar-refractivity contribution in [1.29, 1.82) is 0 Å². The molecule has 15 heavy (non-hydrogen) atoms. The predicted octanol–water partition coefficient (Wildman–Crippen LogP) is 2.64. The van der Waals surface area contributed by atoms with Crippen molar-refractivity contribution in [2.24, 2.45) is 0 Å². The van der Waals surface area contributed by atoms with Gasteiger partial charge in [0.05, 0.1) is 0 Å². The molecule has 1 heterocycles. The molecule has 0 aromatic heterocycles. The van der Waals surface area contributed by atoms with Crippen molar-refractivity contribution < 1.29 is 0 Å². The summed E-state index contributed by atoms with van der Waals surface area (Å²) in [6.07, 6.45) is 3.77. The van der Waals surface area contributed by atoms with Gasteiger partial charge in [0, 0.05) is 17.1 Å². The first kappa shape index (κ1) is 13.0. The Hall–Kier alpha value is -0.0800. The lowest BCUT2D eigenvalue weighted by Gasteiger charge is -2.49. The minimum absolute atomic E-state index is 0.272. The fourth-order valence-corrected chi connectivity index (χ4v) is 3.12. The van der Waals surface area contributed by atoms with E-state index in [1.165, 1.54) is 25.8 Å². The molecule has 1 aliphatic heterocycles. The zero-order chi connectivity index (χ0) is 11.7. The molecule has 0 atom stereocenters. The van der Waals surface area contributed by atoms with E-state index in [4.69, 9.17) is 0 Å². The van der Waals surface area contributed by atoms with Crippen LogP contribution in [0.5, 0.6) is 0 Å². The standard InChI is InChI=1S/C13H28N2/c1-7-8-15(6)11-9-12(2,3)14-13(4,5)10-11/h11,14H,7-10H2,1-6H3. The molecule has 2 nitrogen and oxygen atoms in total. The molecule has 0 aromatic carbocycles. The van der Waals surface area contributed by atoms with Crippen molar-refractivity contribution in [3.63, 3.8) is 0 Å². The van der Waals surface area contributed by atoms with Crippen LogP contribution in [-0.2, 0) is 0 Å². The van der Waals surface area contributed by atoms with Gasteiger partial charge in [-0.3, -0.25) is 0 Å². The van der Waals surface area contributed by atoms with Gasteiger partial charge in [-0.05, 0) is 60.5 Å². The molecule has 0 radical (unpaired) electrons. The highest BCUT2D eigenvalue weighted by atomic mass is 15.2. The summed E-state index contributed by atoms with van der Waals surface area (Å²) in [7, 11) is 2.27. The van der Waals surface area contributed by atoms with Crippen molar-refractivity contribution >= 4 is 0 Å². The smallest absolute Gasteiger partial charge is 0.0145 e. The molecule has 1 aliphatic rings. The average molecular weight is 212 g/mol. The van der Waals surface area contributed by atoms with Crippen LogP contribution in [0.15, 0.2) is 0 Å². The molecule has 0 spiro atoms. The molecule has 1 rings (SSSR count). The maximum absolute atomic E-state index is 3.73. The third-order valence-corrected chi connectivity index (χ3v) is 3.37. The summed E-state index contributed by atoms with van der Waals surface area (Å²) >= 11 is 0. The molecule has 0 unspecified atom stereocenters. The summed E-state index contributed by atoms with van der Waals surface area (Å²) in [5, 5.41) is 3.73. The lowest BCUT2D eigenvalue weighted by molar-refractivity contribution is 0.0817. The van der Waals surface area contributed by atoms with E-state index in [2.05, 4.69) is 51.9 Å². The van der Waals surface area contributed by atoms with Crippen molar-refractivity contribution in [3.8, 4) is 0 Å². The monoisotopic (exact) mass is 212 g/mol. The summed E-state index contributed by atoms with van der Waals surface area (Å²) < 4.78 is 0. The Labute approximate surface area is 95.4 Å². The molecular weight excluding hydrogens is 184 g/mol. The summed E-state index contributed by atoms with van der Waals surface area (Å²) in [4.78, 5) is 2.53. The first-order valence-electron chi connectivity index (χ1n) is 6.25. The maximum Gasteiger partial charge on any atom is 0.0145 e. The molecule has 90 valence electrons. The second-order valence-corrected chi connectivity index (χ2v) is 6.44. The number of nitrogens with one attached hydrogen (secondary N) is 1. The van der Waals surface area contributed by atoms with Gasteiger partial charge in [0.15, 0.2) is 0 Å². The molecule has 1 saturated heterocycles. The SMILES string of the molecule is CCCN(C)C1CC(C)(C)NC(C)(C)C1. The Kier molecular flexibility index (Phi) is 3.83. The molecule has 2 heteroatoms. The summed E-state index contributed by atoms with van der Waals surface area (Å²) in [5.74, 6) is 0. The first-order valence-corrected chi connectivity index (χ1v) is 6.25. The number of hydrogen-bond acceptors (Lipinski definition) is 2. The second kappa shape index (κ2) is 4.42. The summed E-state index contributed by atoms with van der Waals surface area (Å²) in [6, 6.07) is 0.733. The van der Waals surface area contributed by atoms with E-state index in [0.29, 0.717) is 0 Å². The molecule has 1 fully saturated rings. The molecule has 0 aromatic rings. The lowest BCUT2D eigenvalue weighted by atomic mass is 9.79. The Morgan fingerprint density at radius 2 is 1.60 bits per heavy atom. The third kappa shape index (κ3) is 3.76. The van der Waals surface area contributed by atoms with Gasteiger partial charge < -0.3 is 10.2 Å². The van der Waals surface area contributed by atoms with E-state index >= 15 is 0 Å². The van der Waals surface area contributed by atoms with E-state index in [-0.39, 0.29) is 11.1 Å². The van der Waals surface area contributed by atoms with Gasteiger partial charge in [-0.25, -0.2) is 0 Å². The van der Waals surface area contributed by atoms with Gasteiger partial charge in [0.2, 0.25) is 0 Å². The van der Waals surface area contributed by atoms with Crippen LogP contribution in [0.3, 0.4) is 0 Å². The largest absolute Gasteiger partial charge is 0.307 e. The van der Waals surface area contributed by atoms with Crippen LogP contribution in [0.2, 0.25) is 0 Å². The minimum Gasteiger partial charge on any atom is -0.307 e. The van der Waals surface area contributed by atoms with E-state index in [0.717, 1.165) is 6.04 Å². The quantitative estimate of drug-likeness (QED) is 0.773. The van der Waals surface area contributed by atoms with Crippen molar-refractivity contribution in [2.45, 2.75) is 71.0 Å². The molecule has 0 bridgehead atoms. The maximum atomic E-state index is 3.73. The van der Waals surface area contributed by atoms with Crippen LogP contribution in [0.1, 0.15) is 53.9 Å². The van der Waals surface area contributed by atoms with E-state index in [9.17, 15) is 0 Å². The van der Waals surface area contributed by atoms with Gasteiger partial charge in [-0.1, -0.05) is 6.92 Å². The summed E-state index contributed by atoms with van der Waals surface area (Å²) in [6.45, 7) is 12.8. The van der Waals surface area contributed by atoms with Crippen LogP contribution in [0.4, 0.5) is 0 Å². The summed E-state index contributed by atoms with van der Waals surface area (Å²) in [5.41, 5.74) is 0.544. The highest BCUT2D eigenvalue weighted by Crippen LogP contribution is 2.30.